The molecule has 0 saturated carbocycles. The number of amides is 1. The van der Waals surface area contributed by atoms with Gasteiger partial charge in [-0.15, -0.1) is 0 Å². The lowest BCUT2D eigenvalue weighted by Gasteiger charge is -2.12. The maximum Gasteiger partial charge on any atom is 0.331 e. The fraction of sp³-hybridized carbons (Fsp3) is 0.200. The molecular weight excluding hydrogens is 396 g/mol. The van der Waals surface area contributed by atoms with Gasteiger partial charge >= 0.3 is 5.97 Å². The molecule has 0 fully saturated rings. The van der Waals surface area contributed by atoms with Gasteiger partial charge < -0.3 is 15.0 Å². The monoisotopic (exact) mass is 416 g/mol. The molecule has 0 aliphatic heterocycles. The molecule has 0 aliphatic rings. The summed E-state index contributed by atoms with van der Waals surface area (Å²) in [5, 5.41) is 2.72. The van der Waals surface area contributed by atoms with Crippen LogP contribution in [0.1, 0.15) is 11.1 Å². The minimum atomic E-state index is -0.564. The quantitative estimate of drug-likeness (QED) is 0.555. The number of ether oxygens (including phenoxy) is 1. The van der Waals surface area contributed by atoms with Gasteiger partial charge in [-0.25, -0.2) is 4.79 Å². The highest BCUT2D eigenvalue weighted by atomic mass is 79.9. The smallest absolute Gasteiger partial charge is 0.331 e. The number of hydrogen-bond acceptors (Lipinski definition) is 4. The first-order valence-corrected chi connectivity index (χ1v) is 8.87. The molecule has 0 spiro atoms. The van der Waals surface area contributed by atoms with Crippen LogP contribution >= 0.6 is 15.9 Å². The zero-order valence-electron chi connectivity index (χ0n) is 14.7. The van der Waals surface area contributed by atoms with Crippen LogP contribution in [-0.2, 0) is 20.9 Å². The van der Waals surface area contributed by atoms with Crippen molar-refractivity contribution in [1.82, 2.24) is 5.32 Å². The van der Waals surface area contributed by atoms with Crippen LogP contribution < -0.4 is 10.2 Å². The Morgan fingerprint density at radius 2 is 1.81 bits per heavy atom. The van der Waals surface area contributed by atoms with E-state index in [2.05, 4.69) is 21.2 Å². The van der Waals surface area contributed by atoms with Gasteiger partial charge in [-0.05, 0) is 35.4 Å². The second kappa shape index (κ2) is 9.77. The third-order valence-corrected chi connectivity index (χ3v) is 4.31. The van der Waals surface area contributed by atoms with Crippen LogP contribution in [0.15, 0.2) is 59.1 Å². The Morgan fingerprint density at radius 3 is 2.46 bits per heavy atom. The molecule has 0 heterocycles. The van der Waals surface area contributed by atoms with E-state index in [-0.39, 0.29) is 12.5 Å². The number of benzene rings is 2. The van der Waals surface area contributed by atoms with Crippen LogP contribution in [-0.4, -0.2) is 32.6 Å². The van der Waals surface area contributed by atoms with Gasteiger partial charge in [0, 0.05) is 36.9 Å². The summed E-state index contributed by atoms with van der Waals surface area (Å²) in [6.07, 6.45) is 2.93. The van der Waals surface area contributed by atoms with Crippen molar-refractivity contribution in [3.8, 4) is 0 Å². The molecule has 0 saturated heterocycles. The fourth-order valence-electron chi connectivity index (χ4n) is 2.12. The Bertz CT molecular complexity index is 786. The average Bonchev–Trinajstić information content (AvgIpc) is 2.64. The number of esters is 1. The molecule has 0 atom stereocenters. The average molecular weight is 417 g/mol. The third-order valence-electron chi connectivity index (χ3n) is 3.59. The topological polar surface area (TPSA) is 58.6 Å². The molecule has 136 valence electrons. The van der Waals surface area contributed by atoms with Crippen molar-refractivity contribution in [2.45, 2.75) is 6.54 Å². The van der Waals surface area contributed by atoms with Crippen LogP contribution in [0.4, 0.5) is 5.69 Å². The van der Waals surface area contributed by atoms with Crippen molar-refractivity contribution in [1.29, 1.82) is 0 Å². The first-order valence-electron chi connectivity index (χ1n) is 8.08. The van der Waals surface area contributed by atoms with Gasteiger partial charge in [0.25, 0.3) is 5.91 Å². The van der Waals surface area contributed by atoms with Crippen molar-refractivity contribution in [2.75, 3.05) is 25.6 Å². The first-order chi connectivity index (χ1) is 12.5. The summed E-state index contributed by atoms with van der Waals surface area (Å²) in [7, 11) is 3.94. The molecule has 2 aromatic rings. The van der Waals surface area contributed by atoms with Crippen LogP contribution in [0.25, 0.3) is 6.08 Å². The normalized spacial score (nSPS) is 10.6. The van der Waals surface area contributed by atoms with E-state index < -0.39 is 5.97 Å². The Labute approximate surface area is 161 Å². The predicted octanol–water partition coefficient (Wildman–Crippen LogP) is 3.39. The molecule has 5 nitrogen and oxygen atoms in total. The van der Waals surface area contributed by atoms with Crippen molar-refractivity contribution in [2.24, 2.45) is 0 Å². The van der Waals surface area contributed by atoms with Crippen LogP contribution in [0, 0.1) is 0 Å². The van der Waals surface area contributed by atoms with E-state index in [0.29, 0.717) is 6.54 Å². The lowest BCUT2D eigenvalue weighted by Crippen LogP contribution is -2.28. The van der Waals surface area contributed by atoms with Gasteiger partial charge in [-0.1, -0.05) is 46.3 Å². The first kappa shape index (κ1) is 19.7. The molecule has 2 aromatic carbocycles. The summed E-state index contributed by atoms with van der Waals surface area (Å²) < 4.78 is 5.82. The molecule has 0 radical (unpaired) electrons. The number of hydrogen-bond donors (Lipinski definition) is 1. The molecule has 2 rings (SSSR count). The summed E-state index contributed by atoms with van der Waals surface area (Å²) in [5.74, 6) is -0.907. The van der Waals surface area contributed by atoms with Crippen molar-refractivity contribution in [3.05, 3.63) is 70.2 Å². The summed E-state index contributed by atoms with van der Waals surface area (Å²) in [4.78, 5) is 25.5. The molecule has 0 aromatic heterocycles. The number of anilines is 1. The second-order valence-corrected chi connectivity index (χ2v) is 6.65. The largest absolute Gasteiger partial charge is 0.452 e. The van der Waals surface area contributed by atoms with Crippen molar-refractivity contribution in [3.63, 3.8) is 0 Å². The predicted molar refractivity (Wildman–Crippen MR) is 107 cm³/mol. The van der Waals surface area contributed by atoms with Gasteiger partial charge in [0.1, 0.15) is 0 Å². The maximum atomic E-state index is 11.8. The number of carbonyl (C=O) groups excluding carboxylic acids is 2. The molecular formula is C20H21BrN2O3. The molecule has 6 heteroatoms. The molecule has 26 heavy (non-hydrogen) atoms. The molecule has 0 unspecified atom stereocenters. The van der Waals surface area contributed by atoms with Crippen LogP contribution in [0.5, 0.6) is 0 Å². The van der Waals surface area contributed by atoms with E-state index >= 15 is 0 Å². The fourth-order valence-corrected chi connectivity index (χ4v) is 2.53. The van der Waals surface area contributed by atoms with E-state index in [1.54, 1.807) is 6.08 Å². The molecule has 0 bridgehead atoms. The zero-order valence-corrected chi connectivity index (χ0v) is 16.3. The van der Waals surface area contributed by atoms with E-state index in [0.717, 1.165) is 21.3 Å². The molecule has 0 aliphatic carbocycles. The third kappa shape index (κ3) is 6.37. The van der Waals surface area contributed by atoms with Gasteiger partial charge in [-0.3, -0.25) is 4.79 Å². The van der Waals surface area contributed by atoms with E-state index in [1.807, 2.05) is 67.5 Å². The number of rotatable bonds is 7. The van der Waals surface area contributed by atoms with Gasteiger partial charge in [0.15, 0.2) is 6.61 Å². The number of nitrogens with one attached hydrogen (secondary N) is 1. The lowest BCUT2D eigenvalue weighted by molar-refractivity contribution is -0.143. The molecule has 1 N–H and O–H groups in total. The number of halogens is 1. The number of carbonyl (C=O) groups is 2. The van der Waals surface area contributed by atoms with Gasteiger partial charge in [0.05, 0.1) is 0 Å². The minimum absolute atomic E-state index is 0.311. The van der Waals surface area contributed by atoms with Crippen LogP contribution in [0.2, 0.25) is 0 Å². The maximum absolute atomic E-state index is 11.8. The SMILES string of the molecule is CN(C)c1ccc(CNC(=O)COC(=O)/C=C/c2ccccc2Br)cc1. The highest BCUT2D eigenvalue weighted by Crippen LogP contribution is 2.17. The highest BCUT2D eigenvalue weighted by Gasteiger charge is 2.05. The van der Waals surface area contributed by atoms with E-state index in [4.69, 9.17) is 4.74 Å². The second-order valence-electron chi connectivity index (χ2n) is 5.80. The number of nitrogens with zero attached hydrogens (tertiary/aromatic N) is 1. The van der Waals surface area contributed by atoms with Crippen LogP contribution in [0.3, 0.4) is 0 Å². The van der Waals surface area contributed by atoms with Gasteiger partial charge in [-0.2, -0.15) is 0 Å². The lowest BCUT2D eigenvalue weighted by atomic mass is 10.2. The highest BCUT2D eigenvalue weighted by molar-refractivity contribution is 9.10. The minimum Gasteiger partial charge on any atom is -0.452 e. The summed E-state index contributed by atoms with van der Waals surface area (Å²) in [5.41, 5.74) is 2.92. The summed E-state index contributed by atoms with van der Waals surface area (Å²) in [6, 6.07) is 15.4. The Kier molecular flexibility index (Phi) is 7.41. The Balaban J connectivity index is 1.74. The standard InChI is InChI=1S/C20H21BrN2O3/c1-23(2)17-10-7-15(8-11-17)13-22-19(24)14-26-20(25)12-9-16-5-3-4-6-18(16)21/h3-12H,13-14H2,1-2H3,(H,22,24)/b12-9+. The van der Waals surface area contributed by atoms with E-state index in [1.165, 1.54) is 6.08 Å². The Morgan fingerprint density at radius 1 is 1.12 bits per heavy atom. The van der Waals surface area contributed by atoms with Crippen molar-refractivity contribution < 1.29 is 14.3 Å². The summed E-state index contributed by atoms with van der Waals surface area (Å²) in [6.45, 7) is 0.0752. The zero-order chi connectivity index (χ0) is 18.9. The summed E-state index contributed by atoms with van der Waals surface area (Å²) >= 11 is 3.39. The van der Waals surface area contributed by atoms with Gasteiger partial charge in [0.2, 0.25) is 0 Å². The Hall–Kier alpha value is -2.60. The molecule has 1 amide bonds. The van der Waals surface area contributed by atoms with Crippen molar-refractivity contribution >= 4 is 39.6 Å². The van der Waals surface area contributed by atoms with E-state index in [9.17, 15) is 9.59 Å².